The van der Waals surface area contributed by atoms with Gasteiger partial charge in [0.15, 0.2) is 0 Å². The SMILES string of the molecule is Cc1ccc(S(=O)(=O)Nc2ccccc2CC(=C(F)F)[Si](C)(C)c2ccccc2)cc1. The Morgan fingerprint density at radius 1 is 0.871 bits per heavy atom. The van der Waals surface area contributed by atoms with Crippen LogP contribution in [-0.4, -0.2) is 16.5 Å². The molecule has 0 aromatic heterocycles. The maximum atomic E-state index is 14.1. The van der Waals surface area contributed by atoms with Crippen molar-refractivity contribution in [1.82, 2.24) is 0 Å². The highest BCUT2D eigenvalue weighted by atomic mass is 32.2. The molecule has 3 nitrogen and oxygen atoms in total. The third-order valence-corrected chi connectivity index (χ3v) is 10.5. The summed E-state index contributed by atoms with van der Waals surface area (Å²) in [4.78, 5) is 0.124. The summed E-state index contributed by atoms with van der Waals surface area (Å²) in [6.07, 6.45) is -1.72. The summed E-state index contributed by atoms with van der Waals surface area (Å²) in [7, 11) is -6.49. The summed E-state index contributed by atoms with van der Waals surface area (Å²) >= 11 is 0. The predicted molar refractivity (Wildman–Crippen MR) is 125 cm³/mol. The molecule has 0 radical (unpaired) electrons. The summed E-state index contributed by atoms with van der Waals surface area (Å²) in [5.41, 5.74) is 1.76. The lowest BCUT2D eigenvalue weighted by Gasteiger charge is -2.26. The van der Waals surface area contributed by atoms with E-state index < -0.39 is 24.2 Å². The first kappa shape index (κ1) is 22.9. The third kappa shape index (κ3) is 5.29. The molecule has 0 heterocycles. The van der Waals surface area contributed by atoms with Crippen LogP contribution in [0.3, 0.4) is 0 Å². The molecule has 0 amide bonds. The fourth-order valence-electron chi connectivity index (χ4n) is 3.44. The number of nitrogens with one attached hydrogen (secondary N) is 1. The van der Waals surface area contributed by atoms with Crippen LogP contribution in [0, 0.1) is 6.92 Å². The van der Waals surface area contributed by atoms with Gasteiger partial charge in [0.25, 0.3) is 16.1 Å². The van der Waals surface area contributed by atoms with E-state index >= 15 is 0 Å². The summed E-state index contributed by atoms with van der Waals surface area (Å²) in [5, 5.41) is 0.983. The monoisotopic (exact) mass is 457 g/mol. The van der Waals surface area contributed by atoms with Crippen LogP contribution >= 0.6 is 0 Å². The number of benzene rings is 3. The van der Waals surface area contributed by atoms with Crippen LogP contribution in [0.15, 0.2) is 95.0 Å². The van der Waals surface area contributed by atoms with Gasteiger partial charge in [-0.25, -0.2) is 8.42 Å². The van der Waals surface area contributed by atoms with Gasteiger partial charge in [0.1, 0.15) is 8.07 Å². The largest absolute Gasteiger partial charge is 0.279 e. The first-order valence-electron chi connectivity index (χ1n) is 9.89. The summed E-state index contributed by atoms with van der Waals surface area (Å²) in [6, 6.07) is 22.5. The predicted octanol–water partition coefficient (Wildman–Crippen LogP) is 5.64. The number of anilines is 1. The molecule has 0 saturated heterocycles. The van der Waals surface area contributed by atoms with E-state index in [0.717, 1.165) is 10.8 Å². The van der Waals surface area contributed by atoms with Crippen molar-refractivity contribution >= 4 is 29.0 Å². The molecule has 3 rings (SSSR count). The van der Waals surface area contributed by atoms with Gasteiger partial charge in [-0.3, -0.25) is 4.72 Å². The molecule has 1 N–H and O–H groups in total. The highest BCUT2D eigenvalue weighted by Gasteiger charge is 2.32. The molecule has 0 saturated carbocycles. The minimum atomic E-state index is -3.84. The molecule has 0 bridgehead atoms. The van der Waals surface area contributed by atoms with Crippen LogP contribution in [0.1, 0.15) is 11.1 Å². The quantitative estimate of drug-likeness (QED) is 0.467. The minimum absolute atomic E-state index is 0.0248. The number of hydrogen-bond acceptors (Lipinski definition) is 2. The van der Waals surface area contributed by atoms with Crippen molar-refractivity contribution in [3.63, 3.8) is 0 Å². The second kappa shape index (κ2) is 9.16. The van der Waals surface area contributed by atoms with Crippen molar-refractivity contribution < 1.29 is 17.2 Å². The molecule has 162 valence electrons. The maximum absolute atomic E-state index is 14.1. The lowest BCUT2D eigenvalue weighted by Crippen LogP contribution is -2.44. The molecule has 0 spiro atoms. The maximum Gasteiger partial charge on any atom is 0.266 e. The van der Waals surface area contributed by atoms with Gasteiger partial charge in [0, 0.05) is 0 Å². The Morgan fingerprint density at radius 2 is 1.45 bits per heavy atom. The third-order valence-electron chi connectivity index (χ3n) is 5.44. The van der Waals surface area contributed by atoms with E-state index in [0.29, 0.717) is 11.3 Å². The van der Waals surface area contributed by atoms with Gasteiger partial charge in [0.05, 0.1) is 10.6 Å². The number of rotatable bonds is 7. The van der Waals surface area contributed by atoms with E-state index in [2.05, 4.69) is 4.72 Å². The van der Waals surface area contributed by atoms with Gasteiger partial charge in [-0.15, -0.1) is 0 Å². The molecular weight excluding hydrogens is 432 g/mol. The Kier molecular flexibility index (Phi) is 6.76. The molecule has 31 heavy (non-hydrogen) atoms. The Labute approximate surface area is 183 Å². The topological polar surface area (TPSA) is 46.2 Å². The van der Waals surface area contributed by atoms with Gasteiger partial charge in [0.2, 0.25) is 0 Å². The Morgan fingerprint density at radius 3 is 2.06 bits per heavy atom. The van der Waals surface area contributed by atoms with Crippen LogP contribution in [0.4, 0.5) is 14.5 Å². The number of hydrogen-bond donors (Lipinski definition) is 1. The molecule has 0 aliphatic heterocycles. The van der Waals surface area contributed by atoms with E-state index in [1.807, 2.05) is 50.3 Å². The van der Waals surface area contributed by atoms with Gasteiger partial charge in [-0.05, 0) is 42.3 Å². The number of allylic oxidation sites excluding steroid dienone is 1. The average molecular weight is 458 g/mol. The first-order valence-corrected chi connectivity index (χ1v) is 14.4. The highest BCUT2D eigenvalue weighted by molar-refractivity contribution is 7.92. The van der Waals surface area contributed by atoms with E-state index in [-0.39, 0.29) is 16.5 Å². The van der Waals surface area contributed by atoms with Crippen molar-refractivity contribution in [2.75, 3.05) is 4.72 Å². The van der Waals surface area contributed by atoms with E-state index in [1.165, 1.54) is 12.1 Å². The van der Waals surface area contributed by atoms with E-state index in [4.69, 9.17) is 0 Å². The molecule has 0 aliphatic rings. The normalized spacial score (nSPS) is 11.8. The second-order valence-electron chi connectivity index (χ2n) is 7.98. The van der Waals surface area contributed by atoms with Crippen LogP contribution in [0.25, 0.3) is 0 Å². The molecule has 3 aromatic rings. The Hall–Kier alpha value is -2.77. The van der Waals surface area contributed by atoms with Crippen molar-refractivity contribution in [2.45, 2.75) is 31.3 Å². The highest BCUT2D eigenvalue weighted by Crippen LogP contribution is 2.29. The second-order valence-corrected chi connectivity index (χ2v) is 14.1. The minimum Gasteiger partial charge on any atom is -0.279 e. The number of sulfonamides is 1. The van der Waals surface area contributed by atoms with Gasteiger partial charge >= 0.3 is 0 Å². The molecule has 0 unspecified atom stereocenters. The first-order chi connectivity index (χ1) is 14.6. The fraction of sp³-hybridized carbons (Fsp3) is 0.167. The van der Waals surface area contributed by atoms with Crippen LogP contribution in [0.2, 0.25) is 13.1 Å². The average Bonchev–Trinajstić information content (AvgIpc) is 2.73. The zero-order chi connectivity index (χ0) is 22.6. The Balaban J connectivity index is 1.96. The molecular formula is C24H25F2NO2SSi. The summed E-state index contributed by atoms with van der Waals surface area (Å²) < 4.78 is 56.5. The number of para-hydroxylation sites is 1. The molecule has 3 aromatic carbocycles. The lowest BCUT2D eigenvalue weighted by atomic mass is 10.1. The summed E-state index contributed by atoms with van der Waals surface area (Å²) in [5.74, 6) is 0. The number of halogens is 2. The Bertz CT molecular complexity index is 1190. The molecule has 0 atom stereocenters. The van der Waals surface area contributed by atoms with Crippen molar-refractivity contribution in [1.29, 1.82) is 0 Å². The molecule has 0 fully saturated rings. The van der Waals surface area contributed by atoms with Gasteiger partial charge in [-0.2, -0.15) is 8.78 Å². The molecule has 7 heteroatoms. The van der Waals surface area contributed by atoms with Crippen LogP contribution in [-0.2, 0) is 16.4 Å². The van der Waals surface area contributed by atoms with Crippen molar-refractivity contribution in [3.05, 3.63) is 101 Å². The zero-order valence-electron chi connectivity index (χ0n) is 17.7. The van der Waals surface area contributed by atoms with Crippen LogP contribution in [0.5, 0.6) is 0 Å². The smallest absolute Gasteiger partial charge is 0.266 e. The lowest BCUT2D eigenvalue weighted by molar-refractivity contribution is 0.414. The number of aryl methyl sites for hydroxylation is 1. The van der Waals surface area contributed by atoms with E-state index in [1.54, 1.807) is 36.4 Å². The summed E-state index contributed by atoms with van der Waals surface area (Å²) in [6.45, 7) is 5.64. The van der Waals surface area contributed by atoms with Crippen LogP contribution < -0.4 is 9.91 Å². The standard InChI is InChI=1S/C24H25F2NO2SSi/c1-18-13-15-20(16-14-18)30(28,29)27-22-12-8-7-9-19(22)17-23(24(25)26)31(2,3)21-10-5-4-6-11-21/h4-16,27H,17H2,1-3H3. The van der Waals surface area contributed by atoms with E-state index in [9.17, 15) is 17.2 Å². The zero-order valence-corrected chi connectivity index (χ0v) is 19.5. The van der Waals surface area contributed by atoms with Gasteiger partial charge in [-0.1, -0.05) is 84.5 Å². The molecule has 0 aliphatic carbocycles. The van der Waals surface area contributed by atoms with Crippen molar-refractivity contribution in [3.8, 4) is 0 Å². The van der Waals surface area contributed by atoms with Gasteiger partial charge < -0.3 is 0 Å². The van der Waals surface area contributed by atoms with Crippen molar-refractivity contribution in [2.24, 2.45) is 0 Å². The fourth-order valence-corrected chi connectivity index (χ4v) is 7.02.